The Kier molecular flexibility index (Phi) is 10.3. The number of nitrogens with zero attached hydrogens (tertiary/aromatic N) is 6. The van der Waals surface area contributed by atoms with Gasteiger partial charge in [-0.15, -0.1) is 0 Å². The molecule has 8 rings (SSSR count). The number of ether oxygens (including phenoxy) is 1. The predicted molar refractivity (Wildman–Crippen MR) is 205 cm³/mol. The molecule has 2 N–H and O–H groups in total. The summed E-state index contributed by atoms with van der Waals surface area (Å²) in [6.07, 6.45) is 16.3. The third kappa shape index (κ3) is 8.07. The second-order valence-electron chi connectivity index (χ2n) is 15.9. The van der Waals surface area contributed by atoms with Gasteiger partial charge in [0.2, 0.25) is 18.0 Å². The van der Waals surface area contributed by atoms with E-state index in [1.807, 2.05) is 62.1 Å². The first-order valence-electron chi connectivity index (χ1n) is 19.6. The highest BCUT2D eigenvalue weighted by atomic mass is 19.1. The number of carbonyl (C=O) groups excluding carboxylic acids is 3. The van der Waals surface area contributed by atoms with Crippen LogP contribution >= 0.6 is 0 Å². The molecule has 0 bridgehead atoms. The van der Waals surface area contributed by atoms with Crippen LogP contribution in [0.2, 0.25) is 0 Å². The molecule has 55 heavy (non-hydrogen) atoms. The van der Waals surface area contributed by atoms with E-state index in [4.69, 9.17) is 9.84 Å². The molecule has 2 saturated heterocycles. The number of hydrogen-bond acceptors (Lipinski definition) is 8. The molecular formula is C42H48FN8O4+. The fourth-order valence-corrected chi connectivity index (χ4v) is 8.55. The van der Waals surface area contributed by atoms with Gasteiger partial charge in [-0.3, -0.25) is 19.7 Å². The summed E-state index contributed by atoms with van der Waals surface area (Å²) >= 11 is 0. The highest BCUT2D eigenvalue weighted by Crippen LogP contribution is 2.35. The number of rotatable bonds is 9. The molecule has 13 heteroatoms. The maximum Gasteiger partial charge on any atom is 0.259 e. The van der Waals surface area contributed by atoms with Gasteiger partial charge in [-0.05, 0) is 119 Å². The summed E-state index contributed by atoms with van der Waals surface area (Å²) < 4.78 is 24.9. The lowest BCUT2D eigenvalue weighted by atomic mass is 9.81. The first-order valence-corrected chi connectivity index (χ1v) is 19.6. The van der Waals surface area contributed by atoms with Gasteiger partial charge in [-0.1, -0.05) is 16.8 Å². The normalized spacial score (nSPS) is 22.7. The maximum absolute atomic E-state index is 15.3. The van der Waals surface area contributed by atoms with Gasteiger partial charge in [0.05, 0.1) is 29.0 Å². The number of benzene rings is 2. The SMILES string of the molecule is Cc1cnc2c(NC(=O)c3cc4c(cc3OC(C)C)=N/[N+](=C/C3CCC(CN5CCC(c6ccc(C7CCC(=O)NC7=O)cc6F)CC5)CC3)C=4)cnn2c1. The highest BCUT2D eigenvalue weighted by molar-refractivity contribution is 6.07. The number of imide groups is 1. The minimum absolute atomic E-state index is 0.130. The quantitative estimate of drug-likeness (QED) is 0.186. The second kappa shape index (κ2) is 15.4. The minimum Gasteiger partial charge on any atom is -0.490 e. The summed E-state index contributed by atoms with van der Waals surface area (Å²) in [7, 11) is 0. The molecule has 1 unspecified atom stereocenters. The van der Waals surface area contributed by atoms with Crippen LogP contribution in [-0.2, 0) is 9.59 Å². The molecule has 3 fully saturated rings. The molecule has 0 spiro atoms. The Balaban J connectivity index is 0.855. The number of aromatic nitrogens is 3. The van der Waals surface area contributed by atoms with Crippen molar-refractivity contribution in [2.75, 3.05) is 25.0 Å². The van der Waals surface area contributed by atoms with E-state index in [0.717, 1.165) is 79.9 Å². The van der Waals surface area contributed by atoms with Crippen LogP contribution in [0.4, 0.5) is 10.1 Å². The number of halogens is 1. The van der Waals surface area contributed by atoms with Gasteiger partial charge in [-0.25, -0.2) is 13.9 Å². The molecular weight excluding hydrogens is 700 g/mol. The second-order valence-corrected chi connectivity index (χ2v) is 15.9. The highest BCUT2D eigenvalue weighted by Gasteiger charge is 2.31. The monoisotopic (exact) mass is 747 g/mol. The van der Waals surface area contributed by atoms with Crippen molar-refractivity contribution < 1.29 is 28.2 Å². The van der Waals surface area contributed by atoms with Gasteiger partial charge < -0.3 is 15.0 Å². The largest absolute Gasteiger partial charge is 0.490 e. The van der Waals surface area contributed by atoms with E-state index in [1.165, 1.54) is 6.07 Å². The van der Waals surface area contributed by atoms with Crippen molar-refractivity contribution in [2.24, 2.45) is 16.9 Å². The van der Waals surface area contributed by atoms with Crippen LogP contribution in [-0.4, -0.2) is 73.9 Å². The molecule has 3 aliphatic heterocycles. The number of piperidine rings is 2. The van der Waals surface area contributed by atoms with Crippen LogP contribution in [0.1, 0.15) is 104 Å². The Morgan fingerprint density at radius 2 is 1.87 bits per heavy atom. The van der Waals surface area contributed by atoms with Crippen LogP contribution in [0.25, 0.3) is 11.8 Å². The molecule has 5 heterocycles. The molecule has 1 aliphatic carbocycles. The van der Waals surface area contributed by atoms with Gasteiger partial charge in [-0.2, -0.15) is 5.10 Å². The average Bonchev–Trinajstić information content (AvgIpc) is 3.74. The Hall–Kier alpha value is -5.30. The Bertz CT molecular complexity index is 2300. The van der Waals surface area contributed by atoms with E-state index in [1.54, 1.807) is 16.9 Å². The van der Waals surface area contributed by atoms with Crippen molar-refractivity contribution >= 4 is 41.5 Å². The van der Waals surface area contributed by atoms with Crippen LogP contribution in [0.3, 0.4) is 0 Å². The van der Waals surface area contributed by atoms with Crippen LogP contribution < -0.4 is 25.9 Å². The van der Waals surface area contributed by atoms with Crippen molar-refractivity contribution in [2.45, 2.75) is 90.1 Å². The zero-order valence-electron chi connectivity index (χ0n) is 31.6. The number of amides is 3. The Labute approximate surface area is 319 Å². The van der Waals surface area contributed by atoms with Crippen LogP contribution in [0.5, 0.6) is 5.75 Å². The number of hydrogen-bond donors (Lipinski definition) is 2. The molecule has 2 aromatic heterocycles. The Morgan fingerprint density at radius 1 is 1.07 bits per heavy atom. The topological polar surface area (TPSA) is 133 Å². The average molecular weight is 748 g/mol. The summed E-state index contributed by atoms with van der Waals surface area (Å²) in [5.74, 6) is 0.0541. The number of likely N-dealkylation sites (tertiary alicyclic amines) is 1. The van der Waals surface area contributed by atoms with Crippen molar-refractivity contribution in [3.05, 3.63) is 87.6 Å². The zero-order chi connectivity index (χ0) is 38.2. The van der Waals surface area contributed by atoms with Crippen LogP contribution in [0, 0.1) is 24.6 Å². The molecule has 4 aromatic rings. The molecule has 286 valence electrons. The van der Waals surface area contributed by atoms with Crippen molar-refractivity contribution in [1.29, 1.82) is 0 Å². The summed E-state index contributed by atoms with van der Waals surface area (Å²) in [6.45, 7) is 8.77. The molecule has 1 saturated carbocycles. The predicted octanol–water partition coefficient (Wildman–Crippen LogP) is 4.79. The summed E-state index contributed by atoms with van der Waals surface area (Å²) in [4.78, 5) is 44.4. The third-order valence-electron chi connectivity index (χ3n) is 11.4. The Morgan fingerprint density at radius 3 is 2.62 bits per heavy atom. The minimum atomic E-state index is -0.473. The third-order valence-corrected chi connectivity index (χ3v) is 11.4. The molecule has 4 aliphatic rings. The standard InChI is InChI=1S/C42H47FN8O4/c1-25(2)55-38-18-36-31(16-34(38)42(54)46-37-20-45-51-21-26(3)19-44-40(37)51)24-50(48-36)23-28-6-4-27(5-7-28)22-49-14-12-29(13-15-49)32-9-8-30(17-35(32)43)33-10-11-39(52)47-41(33)53/h8-9,16-21,23-25,27-29,33H,4-7,10-15,22H2,1-3H3,(H-,46,47,52,53,54)/p+1/b50-23+. The molecule has 12 nitrogen and oxygen atoms in total. The number of nitrogens with one attached hydrogen (secondary N) is 2. The summed E-state index contributed by atoms with van der Waals surface area (Å²) in [5, 5.41) is 16.1. The number of fused-ring (bicyclic) bond motifs is 2. The van der Waals surface area contributed by atoms with Crippen molar-refractivity contribution in [3.8, 4) is 5.75 Å². The van der Waals surface area contributed by atoms with Crippen molar-refractivity contribution in [3.63, 3.8) is 0 Å². The van der Waals surface area contributed by atoms with Gasteiger partial charge in [0.1, 0.15) is 22.6 Å². The van der Waals surface area contributed by atoms with E-state index in [2.05, 4.69) is 31.8 Å². The molecule has 3 amide bonds. The lowest BCUT2D eigenvalue weighted by molar-refractivity contribution is -0.424. The van der Waals surface area contributed by atoms with Gasteiger partial charge >= 0.3 is 0 Å². The molecule has 0 radical (unpaired) electrons. The fourth-order valence-electron chi connectivity index (χ4n) is 8.55. The number of aryl methyl sites for hydroxylation is 1. The van der Waals surface area contributed by atoms with E-state index in [9.17, 15) is 14.4 Å². The lowest BCUT2D eigenvalue weighted by Gasteiger charge is -2.36. The van der Waals surface area contributed by atoms with Gasteiger partial charge in [0, 0.05) is 42.4 Å². The number of carbonyl (C=O) groups is 3. The maximum atomic E-state index is 15.3. The lowest BCUT2D eigenvalue weighted by Crippen LogP contribution is -2.39. The van der Waals surface area contributed by atoms with E-state index < -0.39 is 5.92 Å². The van der Waals surface area contributed by atoms with Gasteiger partial charge in [0.15, 0.2) is 11.9 Å². The van der Waals surface area contributed by atoms with E-state index in [0.29, 0.717) is 46.5 Å². The smallest absolute Gasteiger partial charge is 0.259 e. The van der Waals surface area contributed by atoms with Crippen molar-refractivity contribution in [1.82, 2.24) is 24.8 Å². The van der Waals surface area contributed by atoms with Gasteiger partial charge in [0.25, 0.3) is 5.91 Å². The fraction of sp³-hybridized carbons (Fsp3) is 0.452. The zero-order valence-corrected chi connectivity index (χ0v) is 31.6. The molecule has 2 aromatic carbocycles. The van der Waals surface area contributed by atoms with Crippen LogP contribution in [0.15, 0.2) is 54.0 Å². The summed E-state index contributed by atoms with van der Waals surface area (Å²) in [5.41, 5.74) is 3.86. The number of anilines is 1. The first-order chi connectivity index (χ1) is 26.6. The summed E-state index contributed by atoms with van der Waals surface area (Å²) in [6, 6.07) is 8.91. The first kappa shape index (κ1) is 36.7. The van der Waals surface area contributed by atoms with E-state index in [-0.39, 0.29) is 42.0 Å². The van der Waals surface area contributed by atoms with E-state index >= 15 is 4.39 Å². The molecule has 1 atom stereocenters.